The van der Waals surface area contributed by atoms with Gasteiger partial charge in [0.15, 0.2) is 0 Å². The molecule has 9 heteroatoms. The van der Waals surface area contributed by atoms with Crippen LogP contribution in [0.4, 0.5) is 4.39 Å². The van der Waals surface area contributed by atoms with Crippen molar-refractivity contribution in [3.05, 3.63) is 41.0 Å². The molecule has 0 amide bonds. The van der Waals surface area contributed by atoms with Gasteiger partial charge in [0.25, 0.3) is 0 Å². The number of hydrogen-bond acceptors (Lipinski definition) is 5. The van der Waals surface area contributed by atoms with Crippen molar-refractivity contribution < 1.29 is 17.5 Å². The molecule has 1 aliphatic heterocycles. The second-order valence-corrected chi connectivity index (χ2v) is 9.21. The van der Waals surface area contributed by atoms with Crippen molar-refractivity contribution >= 4 is 10.0 Å². The van der Waals surface area contributed by atoms with Crippen molar-refractivity contribution in [3.63, 3.8) is 0 Å². The van der Waals surface area contributed by atoms with Crippen LogP contribution in [0.2, 0.25) is 0 Å². The number of ether oxygens (including phenoxy) is 1. The Morgan fingerprint density at radius 1 is 1.30 bits per heavy atom. The Bertz CT molecular complexity index is 940. The molecule has 4 rings (SSSR count). The average Bonchev–Trinajstić information content (AvgIpc) is 3.42. The fraction of sp³-hybridized carbons (Fsp3) is 0.556. The molecule has 1 aromatic carbocycles. The van der Waals surface area contributed by atoms with E-state index < -0.39 is 15.8 Å². The summed E-state index contributed by atoms with van der Waals surface area (Å²) in [5, 5.41) is 8.33. The smallest absolute Gasteiger partial charge is 0.243 e. The predicted octanol–water partition coefficient (Wildman–Crippen LogP) is 2.25. The quantitative estimate of drug-likeness (QED) is 0.751. The van der Waals surface area contributed by atoms with Gasteiger partial charge in [-0.1, -0.05) is 11.3 Å². The number of sulfonamides is 1. The van der Waals surface area contributed by atoms with Crippen molar-refractivity contribution in [2.75, 3.05) is 13.2 Å². The van der Waals surface area contributed by atoms with Gasteiger partial charge in [0.2, 0.25) is 10.0 Å². The number of fused-ring (bicyclic) bond motifs is 1. The third-order valence-electron chi connectivity index (χ3n) is 5.09. The summed E-state index contributed by atoms with van der Waals surface area (Å²) in [4.78, 5) is -0.0296. The van der Waals surface area contributed by atoms with Gasteiger partial charge in [-0.3, -0.25) is 0 Å². The molecule has 0 radical (unpaired) electrons. The molecule has 27 heavy (non-hydrogen) atoms. The highest BCUT2D eigenvalue weighted by Crippen LogP contribution is 2.29. The van der Waals surface area contributed by atoms with Crippen LogP contribution in [-0.4, -0.2) is 40.9 Å². The van der Waals surface area contributed by atoms with Gasteiger partial charge in [0, 0.05) is 19.7 Å². The van der Waals surface area contributed by atoms with Crippen LogP contribution >= 0.6 is 0 Å². The molecule has 1 saturated carbocycles. The summed E-state index contributed by atoms with van der Waals surface area (Å²) >= 11 is 0. The third kappa shape index (κ3) is 3.90. The van der Waals surface area contributed by atoms with Crippen molar-refractivity contribution in [1.82, 2.24) is 19.3 Å². The molecular weight excluding hydrogens is 371 g/mol. The summed E-state index contributed by atoms with van der Waals surface area (Å²) < 4.78 is 48.8. The first-order valence-electron chi connectivity index (χ1n) is 9.20. The second-order valence-electron chi connectivity index (χ2n) is 7.27. The highest BCUT2D eigenvalue weighted by atomic mass is 32.2. The van der Waals surface area contributed by atoms with E-state index in [1.807, 2.05) is 0 Å². The molecule has 0 unspecified atom stereocenters. The fourth-order valence-electron chi connectivity index (χ4n) is 3.17. The lowest BCUT2D eigenvalue weighted by Gasteiger charge is -2.20. The summed E-state index contributed by atoms with van der Waals surface area (Å²) in [6.45, 7) is 3.75. The molecule has 0 spiro atoms. The Hall–Kier alpha value is -1.84. The number of aryl methyl sites for hydroxylation is 2. The van der Waals surface area contributed by atoms with E-state index in [1.54, 1.807) is 11.6 Å². The molecule has 7 nitrogen and oxygen atoms in total. The van der Waals surface area contributed by atoms with Gasteiger partial charge in [0.1, 0.15) is 11.5 Å². The predicted molar refractivity (Wildman–Crippen MR) is 95.8 cm³/mol. The summed E-state index contributed by atoms with van der Waals surface area (Å²) in [6, 6.07) is 4.03. The van der Waals surface area contributed by atoms with Gasteiger partial charge in [0.05, 0.1) is 23.7 Å². The maximum absolute atomic E-state index is 13.9. The molecule has 1 aliphatic carbocycles. The third-order valence-corrected chi connectivity index (χ3v) is 6.93. The van der Waals surface area contributed by atoms with Crippen LogP contribution in [0, 0.1) is 18.7 Å². The zero-order valence-electron chi connectivity index (χ0n) is 15.3. The first-order valence-corrected chi connectivity index (χ1v) is 10.6. The van der Waals surface area contributed by atoms with Gasteiger partial charge in [-0.05, 0) is 49.8 Å². The summed E-state index contributed by atoms with van der Waals surface area (Å²) in [6.07, 6.45) is 3.03. The standard InChI is InChI=1S/C18H23FN4O3S/c1-13-3-6-15(9-16(13)19)27(24,25)22-7-2-8-23-18(10-22)17(20-21-23)12-26-11-14-4-5-14/h3,6,9,14H,2,4-5,7-8,10-12H2,1H3. The number of rotatable bonds is 6. The first kappa shape index (κ1) is 18.5. The Kier molecular flexibility index (Phi) is 5.00. The summed E-state index contributed by atoms with van der Waals surface area (Å²) in [7, 11) is -3.80. The van der Waals surface area contributed by atoms with E-state index in [0.29, 0.717) is 49.9 Å². The maximum atomic E-state index is 13.9. The number of benzene rings is 1. The molecular formula is C18H23FN4O3S. The van der Waals surface area contributed by atoms with Crippen molar-refractivity contribution in [3.8, 4) is 0 Å². The summed E-state index contributed by atoms with van der Waals surface area (Å²) in [5.41, 5.74) is 1.84. The van der Waals surface area contributed by atoms with E-state index >= 15 is 0 Å². The molecule has 1 fully saturated rings. The van der Waals surface area contributed by atoms with Gasteiger partial charge in [-0.15, -0.1) is 5.10 Å². The van der Waals surface area contributed by atoms with E-state index in [1.165, 1.54) is 29.3 Å². The molecule has 2 heterocycles. The molecule has 0 atom stereocenters. The Morgan fingerprint density at radius 2 is 2.11 bits per heavy atom. The van der Waals surface area contributed by atoms with Crippen LogP contribution in [0.25, 0.3) is 0 Å². The molecule has 146 valence electrons. The van der Waals surface area contributed by atoms with Gasteiger partial charge >= 0.3 is 0 Å². The number of halogens is 1. The molecule has 0 saturated heterocycles. The van der Waals surface area contributed by atoms with E-state index in [-0.39, 0.29) is 11.4 Å². The SMILES string of the molecule is Cc1ccc(S(=O)(=O)N2CCCn3nnc(COCC4CC4)c3C2)cc1F. The van der Waals surface area contributed by atoms with Gasteiger partial charge < -0.3 is 4.74 Å². The number of nitrogens with zero attached hydrogens (tertiary/aromatic N) is 4. The topological polar surface area (TPSA) is 77.3 Å². The Balaban J connectivity index is 1.56. The van der Waals surface area contributed by atoms with E-state index in [0.717, 1.165) is 11.8 Å². The van der Waals surface area contributed by atoms with Crippen LogP contribution in [-0.2, 0) is 34.5 Å². The largest absolute Gasteiger partial charge is 0.375 e. The lowest BCUT2D eigenvalue weighted by molar-refractivity contribution is 0.108. The normalized spacial score (nSPS) is 18.3. The van der Waals surface area contributed by atoms with Gasteiger partial charge in [-0.25, -0.2) is 17.5 Å². The summed E-state index contributed by atoms with van der Waals surface area (Å²) in [5.74, 6) is 0.124. The molecule has 0 bridgehead atoms. The highest BCUT2D eigenvalue weighted by molar-refractivity contribution is 7.89. The van der Waals surface area contributed by atoms with Crippen LogP contribution in [0.3, 0.4) is 0 Å². The van der Waals surface area contributed by atoms with Gasteiger partial charge in [-0.2, -0.15) is 4.31 Å². The van der Waals surface area contributed by atoms with Crippen molar-refractivity contribution in [2.24, 2.45) is 5.92 Å². The van der Waals surface area contributed by atoms with E-state index in [2.05, 4.69) is 10.3 Å². The minimum absolute atomic E-state index is 0.0296. The molecule has 2 aliphatic rings. The Labute approximate surface area is 158 Å². The highest BCUT2D eigenvalue weighted by Gasteiger charge is 2.30. The lowest BCUT2D eigenvalue weighted by atomic mass is 10.2. The molecule has 0 N–H and O–H groups in total. The lowest BCUT2D eigenvalue weighted by Crippen LogP contribution is -2.31. The zero-order chi connectivity index (χ0) is 19.0. The van der Waals surface area contributed by atoms with Crippen LogP contribution in [0.5, 0.6) is 0 Å². The average molecular weight is 394 g/mol. The van der Waals surface area contributed by atoms with Crippen molar-refractivity contribution in [2.45, 2.75) is 50.8 Å². The molecule has 2 aromatic rings. The van der Waals surface area contributed by atoms with Crippen LogP contribution < -0.4 is 0 Å². The maximum Gasteiger partial charge on any atom is 0.243 e. The zero-order valence-corrected chi connectivity index (χ0v) is 16.1. The Morgan fingerprint density at radius 3 is 2.85 bits per heavy atom. The second kappa shape index (κ2) is 7.29. The first-order chi connectivity index (χ1) is 12.9. The van der Waals surface area contributed by atoms with E-state index in [4.69, 9.17) is 4.74 Å². The van der Waals surface area contributed by atoms with Crippen LogP contribution in [0.15, 0.2) is 23.1 Å². The molecule has 1 aromatic heterocycles. The van der Waals surface area contributed by atoms with E-state index in [9.17, 15) is 12.8 Å². The fourth-order valence-corrected chi connectivity index (χ4v) is 4.62. The monoisotopic (exact) mass is 394 g/mol. The van der Waals surface area contributed by atoms with Crippen LogP contribution in [0.1, 0.15) is 36.2 Å². The minimum Gasteiger partial charge on any atom is -0.375 e. The van der Waals surface area contributed by atoms with Crippen molar-refractivity contribution in [1.29, 1.82) is 0 Å². The minimum atomic E-state index is -3.80. The number of aromatic nitrogens is 3. The number of hydrogen-bond donors (Lipinski definition) is 0.